The van der Waals surface area contributed by atoms with E-state index in [4.69, 9.17) is 9.72 Å². The first kappa shape index (κ1) is 22.3. The zero-order valence-corrected chi connectivity index (χ0v) is 19.7. The van der Waals surface area contributed by atoms with E-state index in [1.54, 1.807) is 11.8 Å². The molecule has 0 aliphatic heterocycles. The maximum atomic E-state index is 10.2. The molecular formula is C26H30N6O2. The lowest BCUT2D eigenvalue weighted by molar-refractivity contribution is -0.0314. The summed E-state index contributed by atoms with van der Waals surface area (Å²) in [5.41, 5.74) is 6.22. The van der Waals surface area contributed by atoms with Crippen LogP contribution in [0.2, 0.25) is 0 Å². The number of fused-ring (bicyclic) bond motifs is 1. The number of rotatable bonds is 9. The predicted octanol–water partition coefficient (Wildman–Crippen LogP) is 3.61. The van der Waals surface area contributed by atoms with Crippen LogP contribution in [0.15, 0.2) is 49.4 Å². The summed E-state index contributed by atoms with van der Waals surface area (Å²) in [6.45, 7) is 7.84. The third-order valence-corrected chi connectivity index (χ3v) is 6.57. The number of hydrogen-bond donors (Lipinski definition) is 2. The molecule has 0 unspecified atom stereocenters. The van der Waals surface area contributed by atoms with Crippen LogP contribution in [0.25, 0.3) is 23.0 Å². The van der Waals surface area contributed by atoms with Gasteiger partial charge >= 0.3 is 0 Å². The number of pyridine rings is 1. The van der Waals surface area contributed by atoms with Crippen LogP contribution in [0.4, 0.5) is 0 Å². The second-order valence-electron chi connectivity index (χ2n) is 9.13. The van der Waals surface area contributed by atoms with Crippen molar-refractivity contribution in [2.24, 2.45) is 0 Å². The van der Waals surface area contributed by atoms with E-state index in [0.29, 0.717) is 19.6 Å². The maximum absolute atomic E-state index is 10.2. The average Bonchev–Trinajstić information content (AvgIpc) is 3.43. The molecule has 5 rings (SSSR count). The van der Waals surface area contributed by atoms with Gasteiger partial charge in [-0.25, -0.2) is 9.67 Å². The van der Waals surface area contributed by atoms with Crippen LogP contribution in [0.3, 0.4) is 0 Å². The van der Waals surface area contributed by atoms with Crippen molar-refractivity contribution in [3.63, 3.8) is 0 Å². The molecule has 4 aromatic rings. The summed E-state index contributed by atoms with van der Waals surface area (Å²) in [4.78, 5) is 4.73. The molecule has 1 aromatic carbocycles. The number of ether oxygens (including phenoxy) is 1. The molecule has 1 aliphatic carbocycles. The lowest BCUT2D eigenvalue weighted by atomic mass is 9.80. The molecule has 0 amide bonds. The van der Waals surface area contributed by atoms with Gasteiger partial charge in [0.05, 0.1) is 31.1 Å². The van der Waals surface area contributed by atoms with Gasteiger partial charge in [0.25, 0.3) is 0 Å². The molecular weight excluding hydrogens is 428 g/mol. The molecule has 34 heavy (non-hydrogen) atoms. The molecule has 0 radical (unpaired) electrons. The molecule has 3 heterocycles. The summed E-state index contributed by atoms with van der Waals surface area (Å²) >= 11 is 0. The number of methoxy groups -OCH3 is 1. The van der Waals surface area contributed by atoms with Gasteiger partial charge in [0.1, 0.15) is 17.1 Å². The zero-order chi connectivity index (χ0) is 23.7. The van der Waals surface area contributed by atoms with E-state index in [-0.39, 0.29) is 0 Å². The van der Waals surface area contributed by atoms with Crippen molar-refractivity contribution in [2.45, 2.75) is 44.9 Å². The molecule has 0 saturated heterocycles. The minimum absolute atomic E-state index is 0.515. The van der Waals surface area contributed by atoms with Crippen LogP contribution in [-0.2, 0) is 13.1 Å². The van der Waals surface area contributed by atoms with Gasteiger partial charge in [-0.1, -0.05) is 23.9 Å². The number of aryl methyl sites for hydroxylation is 1. The highest BCUT2D eigenvalue weighted by Crippen LogP contribution is 2.31. The Labute approximate surface area is 198 Å². The van der Waals surface area contributed by atoms with E-state index in [1.807, 2.05) is 48.0 Å². The monoisotopic (exact) mass is 458 g/mol. The van der Waals surface area contributed by atoms with Gasteiger partial charge < -0.3 is 19.6 Å². The Bertz CT molecular complexity index is 1330. The van der Waals surface area contributed by atoms with Gasteiger partial charge in [-0.05, 0) is 61.1 Å². The molecule has 1 fully saturated rings. The van der Waals surface area contributed by atoms with E-state index in [1.165, 1.54) is 0 Å². The van der Waals surface area contributed by atoms with Gasteiger partial charge in [0, 0.05) is 31.0 Å². The van der Waals surface area contributed by atoms with Gasteiger partial charge in [-0.3, -0.25) is 0 Å². The topological polar surface area (TPSA) is 89.5 Å². The third kappa shape index (κ3) is 4.47. The van der Waals surface area contributed by atoms with Crippen LogP contribution < -0.4 is 10.1 Å². The number of imidazole rings is 1. The highest BCUT2D eigenvalue weighted by atomic mass is 16.5. The van der Waals surface area contributed by atoms with Gasteiger partial charge in [-0.15, -0.1) is 5.10 Å². The van der Waals surface area contributed by atoms with Gasteiger partial charge in [0.15, 0.2) is 0 Å². The standard InChI is InChI=1S/C26H30N6O2/c1-4-22-18(2)10-21(34-3)11-23(22)24-16-32(30-29-24)15-20-14-31-13-19(6-7-25(31)28-20)12-27-17-26(33)8-5-9-26/h4,6-7,10-11,13-14,16,27,33H,1,5,8-9,12,15,17H2,2-3H3. The molecule has 0 spiro atoms. The van der Waals surface area contributed by atoms with Gasteiger partial charge in [0.2, 0.25) is 0 Å². The first-order valence-corrected chi connectivity index (χ1v) is 11.6. The first-order valence-electron chi connectivity index (χ1n) is 11.6. The molecule has 1 saturated carbocycles. The smallest absolute Gasteiger partial charge is 0.137 e. The SMILES string of the molecule is C=Cc1c(C)cc(OC)cc1-c1cn(Cc2cn3cc(CNCC4(O)CCC4)ccc3n2)nn1. The van der Waals surface area contributed by atoms with Crippen LogP contribution in [0, 0.1) is 6.92 Å². The van der Waals surface area contributed by atoms with Crippen molar-refractivity contribution in [1.82, 2.24) is 29.7 Å². The molecule has 1 aliphatic rings. The van der Waals surface area contributed by atoms with Crippen molar-refractivity contribution in [3.05, 3.63) is 71.8 Å². The summed E-state index contributed by atoms with van der Waals surface area (Å²) in [6.07, 6.45) is 10.7. The Kier molecular flexibility index (Phi) is 5.93. The number of aliphatic hydroxyl groups is 1. The van der Waals surface area contributed by atoms with Crippen molar-refractivity contribution in [3.8, 4) is 17.0 Å². The summed E-state index contributed by atoms with van der Waals surface area (Å²) in [5, 5.41) is 22.3. The molecule has 2 N–H and O–H groups in total. The maximum Gasteiger partial charge on any atom is 0.137 e. The van der Waals surface area contributed by atoms with Crippen molar-refractivity contribution >= 4 is 11.7 Å². The van der Waals surface area contributed by atoms with Crippen LogP contribution >= 0.6 is 0 Å². The van der Waals surface area contributed by atoms with E-state index < -0.39 is 5.60 Å². The number of hydrogen-bond acceptors (Lipinski definition) is 6. The van der Waals surface area contributed by atoms with Crippen molar-refractivity contribution < 1.29 is 9.84 Å². The highest BCUT2D eigenvalue weighted by Gasteiger charge is 2.33. The zero-order valence-electron chi connectivity index (χ0n) is 19.7. The molecule has 3 aromatic heterocycles. The Balaban J connectivity index is 1.30. The minimum Gasteiger partial charge on any atom is -0.497 e. The fraction of sp³-hybridized carbons (Fsp3) is 0.346. The van der Waals surface area contributed by atoms with E-state index >= 15 is 0 Å². The summed E-state index contributed by atoms with van der Waals surface area (Å²) in [5.74, 6) is 0.778. The molecule has 8 heteroatoms. The van der Waals surface area contributed by atoms with Crippen LogP contribution in [0.1, 0.15) is 41.6 Å². The third-order valence-electron chi connectivity index (χ3n) is 6.57. The predicted molar refractivity (Wildman–Crippen MR) is 132 cm³/mol. The molecule has 8 nitrogen and oxygen atoms in total. The van der Waals surface area contributed by atoms with E-state index in [0.717, 1.165) is 64.3 Å². The number of nitrogens with zero attached hydrogens (tertiary/aromatic N) is 5. The molecule has 176 valence electrons. The number of benzene rings is 1. The molecule has 0 bridgehead atoms. The Morgan fingerprint density at radius 2 is 2.09 bits per heavy atom. The number of nitrogens with one attached hydrogen (secondary N) is 1. The summed E-state index contributed by atoms with van der Waals surface area (Å²) in [6, 6.07) is 8.03. The largest absolute Gasteiger partial charge is 0.497 e. The first-order chi connectivity index (χ1) is 16.5. The van der Waals surface area contributed by atoms with Crippen LogP contribution in [-0.4, -0.2) is 48.7 Å². The lowest BCUT2D eigenvalue weighted by Crippen LogP contribution is -2.45. The lowest BCUT2D eigenvalue weighted by Gasteiger charge is -2.36. The normalized spacial score (nSPS) is 14.8. The summed E-state index contributed by atoms with van der Waals surface area (Å²) < 4.78 is 9.26. The second-order valence-corrected chi connectivity index (χ2v) is 9.13. The molecule has 0 atom stereocenters. The van der Waals surface area contributed by atoms with Crippen LogP contribution in [0.5, 0.6) is 5.75 Å². The Morgan fingerprint density at radius 1 is 1.24 bits per heavy atom. The van der Waals surface area contributed by atoms with Gasteiger partial charge in [-0.2, -0.15) is 0 Å². The average molecular weight is 459 g/mol. The van der Waals surface area contributed by atoms with E-state index in [2.05, 4.69) is 34.5 Å². The number of aromatic nitrogens is 5. The fourth-order valence-electron chi connectivity index (χ4n) is 4.50. The second kappa shape index (κ2) is 9.04. The quantitative estimate of drug-likeness (QED) is 0.398. The van der Waals surface area contributed by atoms with Crippen molar-refractivity contribution in [1.29, 1.82) is 0 Å². The summed E-state index contributed by atoms with van der Waals surface area (Å²) in [7, 11) is 1.66. The highest BCUT2D eigenvalue weighted by molar-refractivity contribution is 5.75. The Hall–Kier alpha value is -3.49. The van der Waals surface area contributed by atoms with Crippen molar-refractivity contribution in [2.75, 3.05) is 13.7 Å². The Morgan fingerprint density at radius 3 is 2.82 bits per heavy atom. The fourth-order valence-corrected chi connectivity index (χ4v) is 4.50. The van der Waals surface area contributed by atoms with E-state index in [9.17, 15) is 5.11 Å². The minimum atomic E-state index is -0.515.